The van der Waals surface area contributed by atoms with Crippen LogP contribution in [-0.4, -0.2) is 29.5 Å². The van der Waals surface area contributed by atoms with Gasteiger partial charge in [0.15, 0.2) is 0 Å². The molecule has 1 heterocycles. The number of aromatic nitrogens is 2. The number of ether oxygens (including phenoxy) is 2. The Labute approximate surface area is 169 Å². The maximum atomic E-state index is 11.8. The van der Waals surface area contributed by atoms with Crippen LogP contribution in [0.2, 0.25) is 0 Å². The number of hydrogen-bond acceptors (Lipinski definition) is 4. The summed E-state index contributed by atoms with van der Waals surface area (Å²) in [4.78, 5) is 11.8. The van der Waals surface area contributed by atoms with E-state index < -0.39 is 0 Å². The molecule has 0 amide bonds. The Bertz CT molecular complexity index is 983. The Morgan fingerprint density at radius 1 is 1.29 bits per heavy atom. The van der Waals surface area contributed by atoms with Gasteiger partial charge in [-0.15, -0.1) is 0 Å². The zero-order valence-electron chi connectivity index (χ0n) is 15.9. The van der Waals surface area contributed by atoms with Crippen molar-refractivity contribution in [2.45, 2.75) is 32.2 Å². The molecule has 0 atom stereocenters. The molecule has 2 aliphatic rings. The lowest BCUT2D eigenvalue weighted by Crippen LogP contribution is -2.09. The highest BCUT2D eigenvalue weighted by molar-refractivity contribution is 6.29. The van der Waals surface area contributed by atoms with Gasteiger partial charge in [-0.2, -0.15) is 5.10 Å². The van der Waals surface area contributed by atoms with Crippen LogP contribution in [0, 0.1) is 5.92 Å². The van der Waals surface area contributed by atoms with Crippen LogP contribution < -0.4 is 0 Å². The van der Waals surface area contributed by atoms with Gasteiger partial charge in [0.25, 0.3) is 0 Å². The number of allylic oxidation sites excluding steroid dienone is 5. The fourth-order valence-corrected chi connectivity index (χ4v) is 3.40. The molecular weight excluding hydrogens is 376 g/mol. The molecule has 6 heteroatoms. The molecule has 1 aromatic carbocycles. The van der Waals surface area contributed by atoms with Crippen molar-refractivity contribution in [3.8, 4) is 0 Å². The Morgan fingerprint density at radius 2 is 2.14 bits per heavy atom. The van der Waals surface area contributed by atoms with Crippen LogP contribution in [0.5, 0.6) is 0 Å². The van der Waals surface area contributed by atoms with Crippen LogP contribution in [0.15, 0.2) is 59.0 Å². The fourth-order valence-electron chi connectivity index (χ4n) is 3.24. The molecule has 0 N–H and O–H groups in total. The third kappa shape index (κ3) is 4.30. The van der Waals surface area contributed by atoms with Crippen molar-refractivity contribution in [3.05, 3.63) is 64.6 Å². The average molecular weight is 399 g/mol. The van der Waals surface area contributed by atoms with Gasteiger partial charge in [0.05, 0.1) is 37.5 Å². The first-order valence-electron chi connectivity index (χ1n) is 9.55. The second-order valence-electron chi connectivity index (χ2n) is 7.21. The van der Waals surface area contributed by atoms with E-state index in [4.69, 9.17) is 21.1 Å². The molecular formula is C22H23ClN2O3. The number of halogens is 1. The Morgan fingerprint density at radius 3 is 2.93 bits per heavy atom. The van der Waals surface area contributed by atoms with Gasteiger partial charge < -0.3 is 9.47 Å². The smallest absolute Gasteiger partial charge is 0.337 e. The number of esters is 1. The number of hydrogen-bond donors (Lipinski definition) is 0. The Hall–Kier alpha value is -2.53. The monoisotopic (exact) mass is 398 g/mol. The molecule has 0 radical (unpaired) electrons. The summed E-state index contributed by atoms with van der Waals surface area (Å²) in [7, 11) is 1.38. The quantitative estimate of drug-likeness (QED) is 0.644. The lowest BCUT2D eigenvalue weighted by atomic mass is 10.1. The molecule has 0 spiro atoms. The summed E-state index contributed by atoms with van der Waals surface area (Å²) in [5, 5.41) is 6.26. The second-order valence-corrected chi connectivity index (χ2v) is 7.70. The highest BCUT2D eigenvalue weighted by atomic mass is 35.5. The van der Waals surface area contributed by atoms with E-state index in [-0.39, 0.29) is 5.97 Å². The van der Waals surface area contributed by atoms with Gasteiger partial charge in [0, 0.05) is 22.4 Å². The van der Waals surface area contributed by atoms with Gasteiger partial charge in [-0.3, -0.25) is 4.68 Å². The van der Waals surface area contributed by atoms with E-state index in [1.165, 1.54) is 20.0 Å². The largest absolute Gasteiger partial charge is 0.493 e. The fraction of sp³-hybridized carbons (Fsp3) is 0.364. The van der Waals surface area contributed by atoms with E-state index in [0.29, 0.717) is 24.4 Å². The van der Waals surface area contributed by atoms with Crippen LogP contribution in [0.1, 0.15) is 36.0 Å². The summed E-state index contributed by atoms with van der Waals surface area (Å²) in [6, 6.07) is 5.47. The zero-order valence-corrected chi connectivity index (χ0v) is 16.6. The second kappa shape index (κ2) is 8.23. The van der Waals surface area contributed by atoms with Crippen molar-refractivity contribution >= 4 is 28.5 Å². The van der Waals surface area contributed by atoms with E-state index in [0.717, 1.165) is 40.3 Å². The van der Waals surface area contributed by atoms with Crippen molar-refractivity contribution in [1.29, 1.82) is 0 Å². The molecule has 1 saturated carbocycles. The predicted octanol–water partition coefficient (Wildman–Crippen LogP) is 4.98. The number of benzene rings is 1. The molecule has 0 unspecified atom stereocenters. The maximum absolute atomic E-state index is 11.8. The van der Waals surface area contributed by atoms with Gasteiger partial charge >= 0.3 is 5.97 Å². The summed E-state index contributed by atoms with van der Waals surface area (Å²) in [6.07, 6.45) is 12.0. The summed E-state index contributed by atoms with van der Waals surface area (Å²) in [6.45, 7) is 1.35. The number of nitrogens with zero attached hydrogens (tertiary/aromatic N) is 2. The van der Waals surface area contributed by atoms with Gasteiger partial charge in [-0.05, 0) is 49.5 Å². The van der Waals surface area contributed by atoms with Crippen LogP contribution in [0.4, 0.5) is 0 Å². The Balaban J connectivity index is 1.60. The first-order chi connectivity index (χ1) is 13.6. The summed E-state index contributed by atoms with van der Waals surface area (Å²) >= 11 is 6.26. The number of carbonyl (C=O) groups is 1. The van der Waals surface area contributed by atoms with E-state index in [9.17, 15) is 4.79 Å². The van der Waals surface area contributed by atoms with Crippen LogP contribution in [0.3, 0.4) is 0 Å². The minimum atomic E-state index is -0.350. The summed E-state index contributed by atoms with van der Waals surface area (Å²) in [5.74, 6) is 1.26. The van der Waals surface area contributed by atoms with Crippen LogP contribution in [0.25, 0.3) is 10.9 Å². The lowest BCUT2D eigenvalue weighted by molar-refractivity contribution is 0.0601. The van der Waals surface area contributed by atoms with E-state index in [1.807, 2.05) is 16.8 Å². The molecule has 0 saturated heterocycles. The molecule has 2 aromatic rings. The third-order valence-corrected chi connectivity index (χ3v) is 5.37. The van der Waals surface area contributed by atoms with Crippen molar-refractivity contribution in [3.63, 3.8) is 0 Å². The predicted molar refractivity (Wildman–Crippen MR) is 109 cm³/mol. The van der Waals surface area contributed by atoms with Crippen molar-refractivity contribution in [2.24, 2.45) is 5.92 Å². The molecule has 2 aliphatic carbocycles. The summed E-state index contributed by atoms with van der Waals surface area (Å²) < 4.78 is 12.9. The molecule has 5 nitrogen and oxygen atoms in total. The minimum Gasteiger partial charge on any atom is -0.493 e. The Kier molecular flexibility index (Phi) is 5.53. The van der Waals surface area contributed by atoms with Gasteiger partial charge in [-0.1, -0.05) is 23.8 Å². The van der Waals surface area contributed by atoms with Crippen molar-refractivity contribution in [2.75, 3.05) is 13.7 Å². The van der Waals surface area contributed by atoms with Gasteiger partial charge in [0.2, 0.25) is 0 Å². The lowest BCUT2D eigenvalue weighted by Gasteiger charge is -2.16. The molecule has 1 aromatic heterocycles. The maximum Gasteiger partial charge on any atom is 0.337 e. The van der Waals surface area contributed by atoms with E-state index >= 15 is 0 Å². The highest BCUT2D eigenvalue weighted by Crippen LogP contribution is 2.31. The van der Waals surface area contributed by atoms with Crippen LogP contribution in [-0.2, 0) is 16.0 Å². The molecule has 1 fully saturated rings. The SMILES string of the molecule is COC(=O)c1ccc2c(cnn2CC2=CC/C(Cl)=C\CC=C2OCC2CC2)c1. The molecule has 146 valence electrons. The highest BCUT2D eigenvalue weighted by Gasteiger charge is 2.23. The number of rotatable bonds is 6. The van der Waals surface area contributed by atoms with Crippen LogP contribution >= 0.6 is 11.6 Å². The molecule has 0 bridgehead atoms. The van der Waals surface area contributed by atoms with Gasteiger partial charge in [-0.25, -0.2) is 4.79 Å². The van der Waals surface area contributed by atoms with E-state index in [1.54, 1.807) is 18.3 Å². The number of fused-ring (bicyclic) bond motifs is 1. The van der Waals surface area contributed by atoms with Gasteiger partial charge in [0.1, 0.15) is 5.76 Å². The number of methoxy groups -OCH3 is 1. The normalized spacial score (nSPS) is 19.1. The first kappa shape index (κ1) is 18.8. The molecule has 0 aliphatic heterocycles. The molecule has 4 rings (SSSR count). The van der Waals surface area contributed by atoms with E-state index in [2.05, 4.69) is 17.3 Å². The standard InChI is InChI=1S/C22H23ClN2O3/c1-27-22(26)16-8-10-20-18(11-16)12-24-25(20)13-17-7-9-19(23)3-2-4-21(17)28-14-15-5-6-15/h3-4,7-8,10-12,15H,2,5-6,9,13-14H2,1H3/b17-7?,19-3+,21-4?. The van der Waals surface area contributed by atoms with Crippen molar-refractivity contribution in [1.82, 2.24) is 9.78 Å². The topological polar surface area (TPSA) is 53.3 Å². The summed E-state index contributed by atoms with van der Waals surface area (Å²) in [5.41, 5.74) is 2.55. The average Bonchev–Trinajstić information content (AvgIpc) is 3.45. The zero-order chi connectivity index (χ0) is 19.5. The first-order valence-corrected chi connectivity index (χ1v) is 9.92. The van der Waals surface area contributed by atoms with Crippen molar-refractivity contribution < 1.29 is 14.3 Å². The molecule has 28 heavy (non-hydrogen) atoms. The minimum absolute atomic E-state index is 0.350. The third-order valence-electron chi connectivity index (χ3n) is 5.06. The number of carbonyl (C=O) groups excluding carboxylic acids is 1.